The van der Waals surface area contributed by atoms with Gasteiger partial charge in [-0.15, -0.1) is 0 Å². The maximum atomic E-state index is 3.41. The van der Waals surface area contributed by atoms with Crippen LogP contribution in [0.5, 0.6) is 0 Å². The molecule has 1 aliphatic carbocycles. The van der Waals surface area contributed by atoms with Crippen LogP contribution in [0.25, 0.3) is 0 Å². The van der Waals surface area contributed by atoms with E-state index in [2.05, 4.69) is 43.2 Å². The molecule has 0 unspecified atom stereocenters. The van der Waals surface area contributed by atoms with E-state index >= 15 is 0 Å². The highest BCUT2D eigenvalue weighted by Crippen LogP contribution is 2.23. The Labute approximate surface area is 108 Å². The summed E-state index contributed by atoms with van der Waals surface area (Å²) < 4.78 is 0. The third-order valence-corrected chi connectivity index (χ3v) is 4.08. The van der Waals surface area contributed by atoms with Crippen LogP contribution in [0.4, 0.5) is 0 Å². The predicted octanol–water partition coefficient (Wildman–Crippen LogP) is 1.79. The summed E-state index contributed by atoms with van der Waals surface area (Å²) in [5.74, 6) is 0. The molecule has 0 heterocycles. The normalized spacial score (nSPS) is 25.8. The lowest BCUT2D eigenvalue weighted by atomic mass is 9.90. The van der Waals surface area contributed by atoms with Gasteiger partial charge < -0.3 is 15.1 Å². The Morgan fingerprint density at radius 2 is 1.71 bits per heavy atom. The Kier molecular flexibility index (Phi) is 7.09. The van der Waals surface area contributed by atoms with Gasteiger partial charge in [0.2, 0.25) is 0 Å². The molecule has 0 spiro atoms. The molecule has 0 aromatic heterocycles. The second-order valence-electron chi connectivity index (χ2n) is 5.58. The zero-order chi connectivity index (χ0) is 12.7. The molecule has 3 heteroatoms. The van der Waals surface area contributed by atoms with E-state index in [0.29, 0.717) is 0 Å². The molecule has 1 rings (SSSR count). The van der Waals surface area contributed by atoms with Gasteiger partial charge in [0.25, 0.3) is 0 Å². The summed E-state index contributed by atoms with van der Waals surface area (Å²) in [7, 11) is 6.42. The second kappa shape index (κ2) is 8.06. The maximum Gasteiger partial charge on any atom is 0.00963 e. The van der Waals surface area contributed by atoms with Crippen LogP contribution in [-0.2, 0) is 0 Å². The molecule has 102 valence electrons. The van der Waals surface area contributed by atoms with E-state index < -0.39 is 0 Å². The van der Waals surface area contributed by atoms with Crippen LogP contribution in [0.15, 0.2) is 0 Å². The molecule has 0 bridgehead atoms. The molecular weight excluding hydrogens is 210 g/mol. The molecule has 1 fully saturated rings. The molecule has 0 saturated heterocycles. The first-order valence-corrected chi connectivity index (χ1v) is 7.23. The van der Waals surface area contributed by atoms with E-state index in [4.69, 9.17) is 0 Å². The minimum atomic E-state index is 0.770. The van der Waals surface area contributed by atoms with E-state index in [1.165, 1.54) is 51.7 Å². The van der Waals surface area contributed by atoms with Gasteiger partial charge in [-0.25, -0.2) is 0 Å². The van der Waals surface area contributed by atoms with Gasteiger partial charge in [-0.3, -0.25) is 0 Å². The third kappa shape index (κ3) is 5.36. The third-order valence-electron chi connectivity index (χ3n) is 4.08. The fourth-order valence-electron chi connectivity index (χ4n) is 2.92. The van der Waals surface area contributed by atoms with Crippen LogP contribution in [0, 0.1) is 0 Å². The maximum absolute atomic E-state index is 3.41. The Balaban J connectivity index is 2.25. The Morgan fingerprint density at radius 3 is 2.18 bits per heavy atom. The summed E-state index contributed by atoms with van der Waals surface area (Å²) in [5.41, 5.74) is 0. The van der Waals surface area contributed by atoms with E-state index in [1.54, 1.807) is 0 Å². The minimum Gasteiger partial charge on any atom is -0.317 e. The minimum absolute atomic E-state index is 0.770. The first-order chi connectivity index (χ1) is 8.17. The van der Waals surface area contributed by atoms with E-state index in [-0.39, 0.29) is 0 Å². The number of nitrogens with zero attached hydrogens (tertiary/aromatic N) is 2. The van der Waals surface area contributed by atoms with Crippen molar-refractivity contribution in [3.63, 3.8) is 0 Å². The largest absolute Gasteiger partial charge is 0.317 e. The topological polar surface area (TPSA) is 18.5 Å². The predicted molar refractivity (Wildman–Crippen MR) is 75.5 cm³/mol. The Morgan fingerprint density at radius 1 is 1.06 bits per heavy atom. The average Bonchev–Trinajstić information content (AvgIpc) is 2.34. The molecule has 0 atom stereocenters. The molecule has 1 N–H and O–H groups in total. The van der Waals surface area contributed by atoms with Crippen molar-refractivity contribution in [2.45, 2.75) is 51.1 Å². The van der Waals surface area contributed by atoms with Crippen molar-refractivity contribution >= 4 is 0 Å². The average molecular weight is 241 g/mol. The molecule has 0 aromatic rings. The van der Waals surface area contributed by atoms with Gasteiger partial charge in [0.1, 0.15) is 0 Å². The summed E-state index contributed by atoms with van der Waals surface area (Å²) in [6.45, 7) is 5.99. The van der Waals surface area contributed by atoms with Crippen molar-refractivity contribution in [2.24, 2.45) is 0 Å². The lowest BCUT2D eigenvalue weighted by Crippen LogP contribution is -2.42. The highest BCUT2D eigenvalue weighted by atomic mass is 15.2. The molecule has 0 amide bonds. The van der Waals surface area contributed by atoms with Crippen molar-refractivity contribution in [1.82, 2.24) is 15.1 Å². The van der Waals surface area contributed by atoms with E-state index in [1.807, 2.05) is 0 Å². The molecule has 1 aliphatic rings. The van der Waals surface area contributed by atoms with Gasteiger partial charge in [0, 0.05) is 12.1 Å². The van der Waals surface area contributed by atoms with Crippen LogP contribution < -0.4 is 5.32 Å². The van der Waals surface area contributed by atoms with Gasteiger partial charge in [-0.05, 0) is 72.9 Å². The summed E-state index contributed by atoms with van der Waals surface area (Å²) in [6.07, 6.45) is 6.76. The Hall–Kier alpha value is -0.120. The van der Waals surface area contributed by atoms with Crippen LogP contribution in [0.3, 0.4) is 0 Å². The van der Waals surface area contributed by atoms with Crippen LogP contribution in [0.1, 0.15) is 39.0 Å². The van der Waals surface area contributed by atoms with Gasteiger partial charge in [-0.1, -0.05) is 6.92 Å². The fourth-order valence-corrected chi connectivity index (χ4v) is 2.92. The molecule has 1 saturated carbocycles. The standard InChI is InChI=1S/C14H31N3/c1-5-17(12-6-11-16(3)4)14-9-7-13(15-2)8-10-14/h13-15H,5-12H2,1-4H3. The van der Waals surface area contributed by atoms with Gasteiger partial charge in [0.05, 0.1) is 0 Å². The molecule has 3 nitrogen and oxygen atoms in total. The van der Waals surface area contributed by atoms with Gasteiger partial charge in [0.15, 0.2) is 0 Å². The Bertz CT molecular complexity index is 186. The van der Waals surface area contributed by atoms with Gasteiger partial charge in [-0.2, -0.15) is 0 Å². The quantitative estimate of drug-likeness (QED) is 0.733. The van der Waals surface area contributed by atoms with Crippen LogP contribution in [-0.4, -0.2) is 62.7 Å². The first-order valence-electron chi connectivity index (χ1n) is 7.23. The van der Waals surface area contributed by atoms with E-state index in [0.717, 1.165) is 12.1 Å². The van der Waals surface area contributed by atoms with Crippen LogP contribution in [0.2, 0.25) is 0 Å². The number of rotatable bonds is 7. The first kappa shape index (κ1) is 14.9. The molecule has 17 heavy (non-hydrogen) atoms. The zero-order valence-electron chi connectivity index (χ0n) is 12.2. The summed E-state index contributed by atoms with van der Waals surface area (Å²) in [5, 5.41) is 3.41. The summed E-state index contributed by atoms with van der Waals surface area (Å²) in [4.78, 5) is 4.97. The second-order valence-corrected chi connectivity index (χ2v) is 5.58. The summed E-state index contributed by atoms with van der Waals surface area (Å²) >= 11 is 0. The van der Waals surface area contributed by atoms with Gasteiger partial charge >= 0.3 is 0 Å². The smallest absolute Gasteiger partial charge is 0.00963 e. The summed E-state index contributed by atoms with van der Waals surface area (Å²) in [6, 6.07) is 1.61. The number of hydrogen-bond donors (Lipinski definition) is 1. The van der Waals surface area contributed by atoms with Crippen molar-refractivity contribution in [1.29, 1.82) is 0 Å². The highest BCUT2D eigenvalue weighted by molar-refractivity contribution is 4.81. The number of nitrogens with one attached hydrogen (secondary N) is 1. The van der Waals surface area contributed by atoms with Crippen LogP contribution >= 0.6 is 0 Å². The van der Waals surface area contributed by atoms with E-state index in [9.17, 15) is 0 Å². The number of hydrogen-bond acceptors (Lipinski definition) is 3. The molecule has 0 aliphatic heterocycles. The van der Waals surface area contributed by atoms with Crippen molar-refractivity contribution in [2.75, 3.05) is 40.8 Å². The fraction of sp³-hybridized carbons (Fsp3) is 1.00. The SMILES string of the molecule is CCN(CCCN(C)C)C1CCC(NC)CC1. The molecule has 0 radical (unpaired) electrons. The van der Waals surface area contributed by atoms with Crippen molar-refractivity contribution in [3.05, 3.63) is 0 Å². The molecular formula is C14H31N3. The lowest BCUT2D eigenvalue weighted by Gasteiger charge is -2.36. The zero-order valence-corrected chi connectivity index (χ0v) is 12.2. The lowest BCUT2D eigenvalue weighted by molar-refractivity contribution is 0.146. The van der Waals surface area contributed by atoms with Crippen molar-refractivity contribution in [3.8, 4) is 0 Å². The molecule has 0 aromatic carbocycles. The highest BCUT2D eigenvalue weighted by Gasteiger charge is 2.23. The monoisotopic (exact) mass is 241 g/mol. The van der Waals surface area contributed by atoms with Crippen molar-refractivity contribution < 1.29 is 0 Å².